The van der Waals surface area contributed by atoms with Crippen molar-refractivity contribution in [2.75, 3.05) is 6.61 Å². The summed E-state index contributed by atoms with van der Waals surface area (Å²) in [6, 6.07) is 6.42. The van der Waals surface area contributed by atoms with Crippen LogP contribution in [-0.4, -0.2) is 12.8 Å². The lowest BCUT2D eigenvalue weighted by molar-refractivity contribution is -0.137. The third kappa shape index (κ3) is 3.20. The zero-order valence-corrected chi connectivity index (χ0v) is 15.3. The molecule has 1 fully saturated rings. The van der Waals surface area contributed by atoms with Crippen molar-refractivity contribution >= 4 is 0 Å². The summed E-state index contributed by atoms with van der Waals surface area (Å²) >= 11 is 0. The molecule has 2 aromatic rings. The summed E-state index contributed by atoms with van der Waals surface area (Å²) in [5.74, 6) is -2.51. The van der Waals surface area contributed by atoms with Crippen molar-refractivity contribution < 1.29 is 31.1 Å². The zero-order valence-electron chi connectivity index (χ0n) is 15.3. The van der Waals surface area contributed by atoms with Crippen molar-refractivity contribution in [3.8, 4) is 5.75 Å². The van der Waals surface area contributed by atoms with Gasteiger partial charge in [-0.3, -0.25) is 0 Å². The molecule has 1 heterocycles. The van der Waals surface area contributed by atoms with Crippen LogP contribution in [0, 0.1) is 17.6 Å². The molecule has 2 aliphatic rings. The first-order valence-corrected chi connectivity index (χ1v) is 9.22. The van der Waals surface area contributed by atoms with Gasteiger partial charge in [0.05, 0.1) is 12.2 Å². The van der Waals surface area contributed by atoms with Gasteiger partial charge in [-0.2, -0.15) is 13.2 Å². The predicted molar refractivity (Wildman–Crippen MR) is 95.4 cm³/mol. The molecule has 0 bridgehead atoms. The number of halogens is 6. The smallest absolute Gasteiger partial charge is 0.416 e. The molecule has 4 rings (SSSR count). The fraction of sp³-hybridized carbons (Fsp3) is 0.364. The maximum absolute atomic E-state index is 15.1. The number of allylic oxidation sites excluding steroid dienone is 1. The SMILES string of the molecule is C=C1CC[C@@]2(Cc3ccc(C(F)(F)F)cc3)c3c(F)ccc(F)c3OC[C@H]2[C@@H]1F. The van der Waals surface area contributed by atoms with E-state index in [0.717, 1.165) is 24.3 Å². The lowest BCUT2D eigenvalue weighted by Crippen LogP contribution is -2.52. The Hall–Kier alpha value is -2.44. The normalized spacial score (nSPS) is 26.5. The number of hydrogen-bond acceptors (Lipinski definition) is 1. The predicted octanol–water partition coefficient (Wildman–Crippen LogP) is 6.16. The summed E-state index contributed by atoms with van der Waals surface area (Å²) in [5, 5.41) is 0. The lowest BCUT2D eigenvalue weighted by atomic mass is 9.57. The van der Waals surface area contributed by atoms with Gasteiger partial charge in [0.2, 0.25) is 0 Å². The van der Waals surface area contributed by atoms with Crippen molar-refractivity contribution in [3.05, 3.63) is 76.9 Å². The molecule has 1 aliphatic heterocycles. The van der Waals surface area contributed by atoms with Crippen LogP contribution in [0.4, 0.5) is 26.3 Å². The van der Waals surface area contributed by atoms with Gasteiger partial charge in [0, 0.05) is 16.9 Å². The highest BCUT2D eigenvalue weighted by molar-refractivity contribution is 5.48. The second kappa shape index (κ2) is 6.82. The van der Waals surface area contributed by atoms with Crippen LogP contribution in [0.3, 0.4) is 0 Å². The summed E-state index contributed by atoms with van der Waals surface area (Å²) in [5.41, 5.74) is -1.13. The Kier molecular flexibility index (Phi) is 4.67. The minimum Gasteiger partial charge on any atom is -0.490 e. The van der Waals surface area contributed by atoms with Crippen LogP contribution in [0.15, 0.2) is 48.6 Å². The van der Waals surface area contributed by atoms with E-state index in [9.17, 15) is 22.0 Å². The van der Waals surface area contributed by atoms with E-state index in [0.29, 0.717) is 17.6 Å². The molecule has 0 radical (unpaired) electrons. The van der Waals surface area contributed by atoms with Crippen LogP contribution in [-0.2, 0) is 18.0 Å². The topological polar surface area (TPSA) is 9.23 Å². The van der Waals surface area contributed by atoms with Crippen LogP contribution in [0.2, 0.25) is 0 Å². The summed E-state index contributed by atoms with van der Waals surface area (Å²) in [6.07, 6.45) is -5.32. The van der Waals surface area contributed by atoms with E-state index in [-0.39, 0.29) is 30.8 Å². The third-order valence-electron chi connectivity index (χ3n) is 6.11. The summed E-state index contributed by atoms with van der Waals surface area (Å²) in [6.45, 7) is 3.58. The Morgan fingerprint density at radius 3 is 2.34 bits per heavy atom. The van der Waals surface area contributed by atoms with Gasteiger partial charge in [-0.25, -0.2) is 13.2 Å². The highest BCUT2D eigenvalue weighted by atomic mass is 19.4. The molecule has 2 aromatic carbocycles. The maximum Gasteiger partial charge on any atom is 0.416 e. The van der Waals surface area contributed by atoms with Crippen molar-refractivity contribution in [1.29, 1.82) is 0 Å². The van der Waals surface area contributed by atoms with E-state index in [1.165, 1.54) is 12.1 Å². The minimum absolute atomic E-state index is 0.0382. The fourth-order valence-corrected chi connectivity index (χ4v) is 4.62. The molecule has 1 saturated carbocycles. The molecule has 0 spiro atoms. The molecule has 0 amide bonds. The first kappa shape index (κ1) is 19.9. The van der Waals surface area contributed by atoms with E-state index >= 15 is 4.39 Å². The van der Waals surface area contributed by atoms with Crippen molar-refractivity contribution in [2.45, 2.75) is 37.0 Å². The quantitative estimate of drug-likeness (QED) is 0.424. The van der Waals surface area contributed by atoms with Gasteiger partial charge < -0.3 is 4.74 Å². The molecule has 1 nitrogen and oxygen atoms in total. The average Bonchev–Trinajstić information content (AvgIpc) is 2.67. The number of benzene rings is 2. The number of rotatable bonds is 2. The number of ether oxygens (including phenoxy) is 1. The van der Waals surface area contributed by atoms with Gasteiger partial charge in [0.15, 0.2) is 11.6 Å². The minimum atomic E-state index is -4.48. The molecule has 7 heteroatoms. The van der Waals surface area contributed by atoms with E-state index in [1.54, 1.807) is 0 Å². The highest BCUT2D eigenvalue weighted by Crippen LogP contribution is 2.55. The number of alkyl halides is 4. The van der Waals surface area contributed by atoms with E-state index in [4.69, 9.17) is 4.74 Å². The molecule has 0 unspecified atom stereocenters. The van der Waals surface area contributed by atoms with Crippen LogP contribution < -0.4 is 4.74 Å². The lowest BCUT2D eigenvalue weighted by Gasteiger charge is -2.50. The molecule has 0 saturated heterocycles. The van der Waals surface area contributed by atoms with Gasteiger partial charge >= 0.3 is 6.18 Å². The van der Waals surface area contributed by atoms with Crippen LogP contribution in [0.5, 0.6) is 5.75 Å². The molecule has 3 atom stereocenters. The van der Waals surface area contributed by atoms with Crippen LogP contribution >= 0.6 is 0 Å². The Bertz CT molecular complexity index is 949. The Morgan fingerprint density at radius 2 is 1.69 bits per heavy atom. The van der Waals surface area contributed by atoms with Crippen LogP contribution in [0.25, 0.3) is 0 Å². The van der Waals surface area contributed by atoms with Gasteiger partial charge in [0.1, 0.15) is 12.0 Å². The van der Waals surface area contributed by atoms with Crippen molar-refractivity contribution in [2.24, 2.45) is 5.92 Å². The Morgan fingerprint density at radius 1 is 1.03 bits per heavy atom. The first-order chi connectivity index (χ1) is 13.6. The van der Waals surface area contributed by atoms with Gasteiger partial charge in [-0.05, 0) is 54.7 Å². The monoisotopic (exact) mass is 412 g/mol. The highest BCUT2D eigenvalue weighted by Gasteiger charge is 2.54. The first-order valence-electron chi connectivity index (χ1n) is 9.22. The summed E-state index contributed by atoms with van der Waals surface area (Å²) < 4.78 is 88.3. The van der Waals surface area contributed by atoms with Gasteiger partial charge in [0.25, 0.3) is 0 Å². The molecule has 0 aromatic heterocycles. The number of fused-ring (bicyclic) bond motifs is 3. The molecular formula is C22H18F6O. The van der Waals surface area contributed by atoms with Crippen molar-refractivity contribution in [1.82, 2.24) is 0 Å². The Balaban J connectivity index is 1.83. The van der Waals surface area contributed by atoms with Gasteiger partial charge in [-0.15, -0.1) is 0 Å². The zero-order chi connectivity index (χ0) is 21.0. The average molecular weight is 412 g/mol. The van der Waals surface area contributed by atoms with E-state index in [1.807, 2.05) is 0 Å². The van der Waals surface area contributed by atoms with E-state index in [2.05, 4.69) is 6.58 Å². The second-order valence-corrected chi connectivity index (χ2v) is 7.74. The summed E-state index contributed by atoms with van der Waals surface area (Å²) in [7, 11) is 0. The molecule has 154 valence electrons. The molecular weight excluding hydrogens is 394 g/mol. The fourth-order valence-electron chi connectivity index (χ4n) is 4.62. The van der Waals surface area contributed by atoms with Crippen LogP contribution in [0.1, 0.15) is 29.5 Å². The molecule has 1 aliphatic carbocycles. The third-order valence-corrected chi connectivity index (χ3v) is 6.11. The largest absolute Gasteiger partial charge is 0.490 e. The summed E-state index contributed by atoms with van der Waals surface area (Å²) in [4.78, 5) is 0. The van der Waals surface area contributed by atoms with E-state index < -0.39 is 40.9 Å². The molecule has 0 N–H and O–H groups in total. The number of hydrogen-bond donors (Lipinski definition) is 0. The van der Waals surface area contributed by atoms with Gasteiger partial charge in [-0.1, -0.05) is 18.7 Å². The maximum atomic E-state index is 15.1. The standard InChI is InChI=1S/C22H18F6O/c1-12-8-9-21(10-13-2-4-14(5-3-13)22(26,27)28)15(19(12)25)11-29-20-17(24)7-6-16(23)18(20)21/h2-7,15,19H,1,8-11H2/t15-,19+,21-/m0/s1. The molecule has 29 heavy (non-hydrogen) atoms. The Labute approximate surface area is 164 Å². The van der Waals surface area contributed by atoms with Crippen molar-refractivity contribution in [3.63, 3.8) is 0 Å². The second-order valence-electron chi connectivity index (χ2n) is 7.74.